The summed E-state index contributed by atoms with van der Waals surface area (Å²) in [6, 6.07) is 8.33. The van der Waals surface area contributed by atoms with Crippen LogP contribution in [0.5, 0.6) is 0 Å². The Bertz CT molecular complexity index is 608. The molecule has 1 aliphatic carbocycles. The van der Waals surface area contributed by atoms with Crippen molar-refractivity contribution < 1.29 is 5.11 Å². The molecule has 3 nitrogen and oxygen atoms in total. The van der Waals surface area contributed by atoms with Gasteiger partial charge in [-0.3, -0.25) is 0 Å². The van der Waals surface area contributed by atoms with E-state index < -0.39 is 0 Å². The zero-order valence-corrected chi connectivity index (χ0v) is 13.4. The lowest BCUT2D eigenvalue weighted by molar-refractivity contribution is 0.141. The molecular formula is C17H22N2OS. The fourth-order valence-electron chi connectivity index (χ4n) is 2.90. The van der Waals surface area contributed by atoms with Gasteiger partial charge in [-0.2, -0.15) is 0 Å². The predicted molar refractivity (Wildman–Crippen MR) is 86.4 cm³/mol. The molecule has 0 saturated carbocycles. The number of rotatable bonds is 5. The number of fused-ring (bicyclic) bond motifs is 1. The third kappa shape index (κ3) is 3.34. The van der Waals surface area contributed by atoms with Crippen LogP contribution in [0, 0.1) is 5.92 Å². The highest BCUT2D eigenvalue weighted by atomic mass is 32.1. The topological polar surface area (TPSA) is 45.2 Å². The molecule has 0 fully saturated rings. The maximum atomic E-state index is 10.2. The molecule has 112 valence electrons. The van der Waals surface area contributed by atoms with Gasteiger partial charge in [0.1, 0.15) is 0 Å². The lowest BCUT2D eigenvalue weighted by Crippen LogP contribution is -2.28. The van der Waals surface area contributed by atoms with Crippen LogP contribution in [0.2, 0.25) is 0 Å². The maximum Gasteiger partial charge on any atom is 0.0930 e. The molecule has 4 heteroatoms. The number of thiazole rings is 1. The first kappa shape index (κ1) is 14.7. The summed E-state index contributed by atoms with van der Waals surface area (Å²) in [7, 11) is 0. The fraction of sp³-hybridized carbons (Fsp3) is 0.471. The summed E-state index contributed by atoms with van der Waals surface area (Å²) in [5.41, 5.74) is 2.49. The summed E-state index contributed by atoms with van der Waals surface area (Å²) in [4.78, 5) is 5.72. The van der Waals surface area contributed by atoms with Gasteiger partial charge in [0.2, 0.25) is 0 Å². The first-order chi connectivity index (χ1) is 10.1. The van der Waals surface area contributed by atoms with Crippen LogP contribution < -0.4 is 5.32 Å². The Labute approximate surface area is 130 Å². The van der Waals surface area contributed by atoms with E-state index in [9.17, 15) is 5.11 Å². The molecule has 1 heterocycles. The second-order valence-corrected chi connectivity index (χ2v) is 7.35. The van der Waals surface area contributed by atoms with Crippen LogP contribution in [-0.4, -0.2) is 16.2 Å². The Balaban J connectivity index is 1.64. The molecule has 0 saturated heterocycles. The molecule has 0 bridgehead atoms. The lowest BCUT2D eigenvalue weighted by atomic mass is 10.1. The first-order valence-electron chi connectivity index (χ1n) is 7.56. The number of aliphatic hydroxyl groups is 1. The van der Waals surface area contributed by atoms with Crippen molar-refractivity contribution in [1.82, 2.24) is 10.3 Å². The van der Waals surface area contributed by atoms with Gasteiger partial charge in [-0.1, -0.05) is 38.1 Å². The Morgan fingerprint density at radius 1 is 1.38 bits per heavy atom. The van der Waals surface area contributed by atoms with Crippen molar-refractivity contribution in [1.29, 1.82) is 0 Å². The number of aliphatic hydroxyl groups excluding tert-OH is 1. The predicted octanol–water partition coefficient (Wildman–Crippen LogP) is 3.09. The molecule has 2 N–H and O–H groups in total. The highest BCUT2D eigenvalue weighted by molar-refractivity contribution is 7.11. The highest BCUT2D eigenvalue weighted by Gasteiger charge is 2.30. The highest BCUT2D eigenvalue weighted by Crippen LogP contribution is 2.31. The van der Waals surface area contributed by atoms with E-state index >= 15 is 0 Å². The molecular weight excluding hydrogens is 280 g/mol. The van der Waals surface area contributed by atoms with E-state index in [-0.39, 0.29) is 12.1 Å². The number of hydrogen-bond donors (Lipinski definition) is 2. The van der Waals surface area contributed by atoms with Crippen molar-refractivity contribution in [2.24, 2.45) is 5.92 Å². The summed E-state index contributed by atoms with van der Waals surface area (Å²) in [6.07, 6.45) is 3.42. The van der Waals surface area contributed by atoms with Crippen molar-refractivity contribution in [2.45, 2.75) is 45.4 Å². The van der Waals surface area contributed by atoms with E-state index in [2.05, 4.69) is 36.3 Å². The van der Waals surface area contributed by atoms with Gasteiger partial charge in [-0.15, -0.1) is 11.3 Å². The molecule has 2 aromatic rings. The number of nitrogens with one attached hydrogen (secondary N) is 1. The average Bonchev–Trinajstić information content (AvgIpc) is 2.99. The molecule has 1 aromatic carbocycles. The van der Waals surface area contributed by atoms with Crippen molar-refractivity contribution in [3.63, 3.8) is 0 Å². The molecule has 2 atom stereocenters. The Morgan fingerprint density at radius 2 is 2.19 bits per heavy atom. The molecule has 21 heavy (non-hydrogen) atoms. The first-order valence-corrected chi connectivity index (χ1v) is 8.38. The second-order valence-electron chi connectivity index (χ2n) is 6.15. The average molecular weight is 302 g/mol. The SMILES string of the molecule is CC(C)Cc1ncc(CN[C@@H]2c3ccccc3C[C@@H]2O)s1. The number of aromatic nitrogens is 1. The minimum atomic E-state index is -0.328. The number of nitrogens with zero attached hydrogens (tertiary/aromatic N) is 1. The second kappa shape index (κ2) is 6.26. The monoisotopic (exact) mass is 302 g/mol. The zero-order chi connectivity index (χ0) is 14.8. The van der Waals surface area contributed by atoms with E-state index in [1.165, 1.54) is 21.0 Å². The van der Waals surface area contributed by atoms with Gasteiger partial charge < -0.3 is 10.4 Å². The van der Waals surface area contributed by atoms with Crippen molar-refractivity contribution in [2.75, 3.05) is 0 Å². The van der Waals surface area contributed by atoms with Crippen molar-refractivity contribution in [3.8, 4) is 0 Å². The van der Waals surface area contributed by atoms with Crippen molar-refractivity contribution in [3.05, 3.63) is 51.5 Å². The van der Waals surface area contributed by atoms with Crippen LogP contribution in [-0.2, 0) is 19.4 Å². The van der Waals surface area contributed by atoms with Crippen LogP contribution in [0.1, 0.15) is 40.9 Å². The van der Waals surface area contributed by atoms with E-state index in [1.54, 1.807) is 11.3 Å². The smallest absolute Gasteiger partial charge is 0.0930 e. The number of hydrogen-bond acceptors (Lipinski definition) is 4. The normalized spacial score (nSPS) is 21.0. The zero-order valence-electron chi connectivity index (χ0n) is 12.5. The van der Waals surface area contributed by atoms with Crippen LogP contribution in [0.25, 0.3) is 0 Å². The van der Waals surface area contributed by atoms with Gasteiger partial charge in [0.25, 0.3) is 0 Å². The number of benzene rings is 1. The third-order valence-electron chi connectivity index (χ3n) is 3.88. The molecule has 0 aliphatic heterocycles. The Morgan fingerprint density at radius 3 is 3.00 bits per heavy atom. The van der Waals surface area contributed by atoms with Crippen LogP contribution in [0.3, 0.4) is 0 Å². The van der Waals surface area contributed by atoms with Gasteiger partial charge in [-0.25, -0.2) is 4.98 Å². The third-order valence-corrected chi connectivity index (χ3v) is 4.90. The molecule has 0 radical (unpaired) electrons. The van der Waals surface area contributed by atoms with Crippen LogP contribution in [0.4, 0.5) is 0 Å². The minimum Gasteiger partial charge on any atom is -0.391 e. The Kier molecular flexibility index (Phi) is 4.38. The lowest BCUT2D eigenvalue weighted by Gasteiger charge is -2.17. The molecule has 0 amide bonds. The quantitative estimate of drug-likeness (QED) is 0.892. The largest absolute Gasteiger partial charge is 0.391 e. The van der Waals surface area contributed by atoms with Crippen molar-refractivity contribution >= 4 is 11.3 Å². The molecule has 1 aliphatic rings. The minimum absolute atomic E-state index is 0.0387. The molecule has 0 spiro atoms. The van der Waals surface area contributed by atoms with E-state index in [0.717, 1.165) is 19.4 Å². The van der Waals surface area contributed by atoms with E-state index in [1.807, 2.05) is 18.3 Å². The van der Waals surface area contributed by atoms with E-state index in [4.69, 9.17) is 0 Å². The Hall–Kier alpha value is -1.23. The van der Waals surface area contributed by atoms with Gasteiger partial charge in [0.15, 0.2) is 0 Å². The molecule has 0 unspecified atom stereocenters. The summed E-state index contributed by atoms with van der Waals surface area (Å²) in [5, 5.41) is 14.9. The molecule has 1 aromatic heterocycles. The van der Waals surface area contributed by atoms with Gasteiger partial charge >= 0.3 is 0 Å². The van der Waals surface area contributed by atoms with Gasteiger partial charge in [0, 0.05) is 30.5 Å². The van der Waals surface area contributed by atoms with Gasteiger partial charge in [0.05, 0.1) is 17.2 Å². The summed E-state index contributed by atoms with van der Waals surface area (Å²) >= 11 is 1.77. The van der Waals surface area contributed by atoms with Crippen LogP contribution >= 0.6 is 11.3 Å². The maximum absolute atomic E-state index is 10.2. The standard InChI is InChI=1S/C17H22N2OS/c1-11(2)7-16-18-9-13(21-16)10-19-17-14-6-4-3-5-12(14)8-15(17)20/h3-6,9,11,15,17,19-20H,7-8,10H2,1-2H3/t15-,17+/m0/s1. The fourth-order valence-corrected chi connectivity index (χ4v) is 3.99. The summed E-state index contributed by atoms with van der Waals surface area (Å²) in [6.45, 7) is 5.20. The van der Waals surface area contributed by atoms with E-state index in [0.29, 0.717) is 5.92 Å². The summed E-state index contributed by atoms with van der Waals surface area (Å²) in [5.74, 6) is 0.639. The summed E-state index contributed by atoms with van der Waals surface area (Å²) < 4.78 is 0. The van der Waals surface area contributed by atoms with Crippen LogP contribution in [0.15, 0.2) is 30.5 Å². The van der Waals surface area contributed by atoms with Gasteiger partial charge in [-0.05, 0) is 17.0 Å². The molecule has 3 rings (SSSR count).